The number of hydrogen-bond donors (Lipinski definition) is 2. The van der Waals surface area contributed by atoms with E-state index < -0.39 is 11.7 Å². The van der Waals surface area contributed by atoms with Crippen molar-refractivity contribution in [3.05, 3.63) is 11.1 Å². The summed E-state index contributed by atoms with van der Waals surface area (Å²) in [4.78, 5) is 11.5. The van der Waals surface area contributed by atoms with Crippen LogP contribution in [0.4, 0.5) is 0 Å². The Morgan fingerprint density at radius 3 is 2.54 bits per heavy atom. The number of carbonyl (C=O) groups is 1. The fourth-order valence-corrected chi connectivity index (χ4v) is 1.58. The Balaban J connectivity index is 2.96. The van der Waals surface area contributed by atoms with E-state index in [1.807, 2.05) is 13.8 Å². The summed E-state index contributed by atoms with van der Waals surface area (Å²) in [5.41, 5.74) is 0.342. The summed E-state index contributed by atoms with van der Waals surface area (Å²) >= 11 is 0. The van der Waals surface area contributed by atoms with Gasteiger partial charge < -0.3 is 10.2 Å². The van der Waals surface area contributed by atoms with Crippen LogP contribution in [0.15, 0.2) is 11.1 Å². The standard InChI is InChI=1S/C10H16O3/c1-6(2)7-4-5-10(3,13)9(12)8(7)11/h9,12-13H,4-5H2,1-3H3. The minimum atomic E-state index is -1.26. The van der Waals surface area contributed by atoms with Gasteiger partial charge in [-0.2, -0.15) is 0 Å². The Hall–Kier alpha value is -0.670. The smallest absolute Gasteiger partial charge is 0.190 e. The number of aliphatic hydroxyl groups is 2. The summed E-state index contributed by atoms with van der Waals surface area (Å²) in [6, 6.07) is 0. The summed E-state index contributed by atoms with van der Waals surface area (Å²) in [6.07, 6.45) is -0.253. The molecule has 74 valence electrons. The molecule has 1 aliphatic carbocycles. The van der Waals surface area contributed by atoms with Gasteiger partial charge in [-0.15, -0.1) is 0 Å². The van der Waals surface area contributed by atoms with Crippen molar-refractivity contribution in [3.8, 4) is 0 Å². The highest BCUT2D eigenvalue weighted by Crippen LogP contribution is 2.30. The second-order valence-electron chi connectivity index (χ2n) is 4.10. The number of aliphatic hydroxyl groups excluding tert-OH is 1. The monoisotopic (exact) mass is 184 g/mol. The van der Waals surface area contributed by atoms with E-state index in [0.717, 1.165) is 5.57 Å². The molecule has 0 amide bonds. The van der Waals surface area contributed by atoms with Crippen molar-refractivity contribution in [1.29, 1.82) is 0 Å². The van der Waals surface area contributed by atoms with Crippen LogP contribution in [0.5, 0.6) is 0 Å². The fraction of sp³-hybridized carbons (Fsp3) is 0.700. The van der Waals surface area contributed by atoms with Crippen LogP contribution in [0.3, 0.4) is 0 Å². The fourth-order valence-electron chi connectivity index (χ4n) is 1.58. The third-order valence-corrected chi connectivity index (χ3v) is 2.62. The first kappa shape index (κ1) is 10.4. The zero-order valence-electron chi connectivity index (χ0n) is 8.29. The highest BCUT2D eigenvalue weighted by Gasteiger charge is 2.41. The highest BCUT2D eigenvalue weighted by molar-refractivity contribution is 6.00. The average Bonchev–Trinajstić information content (AvgIpc) is 2.00. The van der Waals surface area contributed by atoms with Crippen LogP contribution in [0.2, 0.25) is 0 Å². The summed E-state index contributed by atoms with van der Waals surface area (Å²) in [5, 5.41) is 19.1. The normalized spacial score (nSPS) is 35.0. The lowest BCUT2D eigenvalue weighted by atomic mass is 9.79. The highest BCUT2D eigenvalue weighted by atomic mass is 16.3. The predicted molar refractivity (Wildman–Crippen MR) is 49.2 cm³/mol. The average molecular weight is 184 g/mol. The summed E-state index contributed by atoms with van der Waals surface area (Å²) in [6.45, 7) is 5.19. The quantitative estimate of drug-likeness (QED) is 0.547. The van der Waals surface area contributed by atoms with Crippen LogP contribution in [0.25, 0.3) is 0 Å². The molecule has 13 heavy (non-hydrogen) atoms. The molecule has 2 unspecified atom stereocenters. The Labute approximate surface area is 78.1 Å². The third kappa shape index (κ3) is 1.81. The molecule has 3 heteroatoms. The van der Waals surface area contributed by atoms with Crippen molar-refractivity contribution in [1.82, 2.24) is 0 Å². The Bertz CT molecular complexity index is 259. The van der Waals surface area contributed by atoms with Gasteiger partial charge in [0.05, 0.1) is 5.60 Å². The number of allylic oxidation sites excluding steroid dienone is 1. The van der Waals surface area contributed by atoms with Gasteiger partial charge in [-0.25, -0.2) is 0 Å². The maximum Gasteiger partial charge on any atom is 0.190 e. The summed E-state index contributed by atoms with van der Waals surface area (Å²) in [7, 11) is 0. The Morgan fingerprint density at radius 2 is 2.08 bits per heavy atom. The maximum absolute atomic E-state index is 11.5. The van der Waals surface area contributed by atoms with Gasteiger partial charge in [-0.3, -0.25) is 4.79 Å². The lowest BCUT2D eigenvalue weighted by Gasteiger charge is -2.33. The van der Waals surface area contributed by atoms with Crippen LogP contribution in [-0.4, -0.2) is 27.7 Å². The molecule has 0 bridgehead atoms. The summed E-state index contributed by atoms with van der Waals surface area (Å²) < 4.78 is 0. The molecule has 0 spiro atoms. The van der Waals surface area contributed by atoms with Gasteiger partial charge in [0.2, 0.25) is 0 Å². The van der Waals surface area contributed by atoms with E-state index in [0.29, 0.717) is 18.4 Å². The van der Waals surface area contributed by atoms with Crippen LogP contribution < -0.4 is 0 Å². The van der Waals surface area contributed by atoms with E-state index in [2.05, 4.69) is 0 Å². The number of rotatable bonds is 0. The van der Waals surface area contributed by atoms with Crippen LogP contribution in [-0.2, 0) is 4.79 Å². The van der Waals surface area contributed by atoms with E-state index in [1.165, 1.54) is 6.92 Å². The molecule has 0 aromatic heterocycles. The first-order valence-electron chi connectivity index (χ1n) is 4.47. The molecule has 0 aliphatic heterocycles. The van der Waals surface area contributed by atoms with Gasteiger partial charge >= 0.3 is 0 Å². The largest absolute Gasteiger partial charge is 0.387 e. The lowest BCUT2D eigenvalue weighted by molar-refractivity contribution is -0.142. The lowest BCUT2D eigenvalue weighted by Crippen LogP contribution is -2.48. The molecule has 3 nitrogen and oxygen atoms in total. The first-order chi connectivity index (χ1) is 5.86. The number of Topliss-reactive ketones (excluding diaryl/α,β-unsaturated/α-hetero) is 1. The van der Waals surface area contributed by atoms with Crippen molar-refractivity contribution in [3.63, 3.8) is 0 Å². The van der Waals surface area contributed by atoms with Crippen molar-refractivity contribution >= 4 is 5.78 Å². The minimum absolute atomic E-state index is 0.323. The molecule has 0 radical (unpaired) electrons. The molecule has 1 saturated carbocycles. The molecule has 1 rings (SSSR count). The predicted octanol–water partition coefficient (Wildman–Crippen LogP) is 0.798. The van der Waals surface area contributed by atoms with E-state index in [-0.39, 0.29) is 5.78 Å². The molecular formula is C10H16O3. The van der Waals surface area contributed by atoms with Gasteiger partial charge in [-0.1, -0.05) is 5.57 Å². The van der Waals surface area contributed by atoms with Crippen molar-refractivity contribution < 1.29 is 15.0 Å². The molecule has 1 fully saturated rings. The first-order valence-corrected chi connectivity index (χ1v) is 4.47. The Morgan fingerprint density at radius 1 is 1.54 bits per heavy atom. The van der Waals surface area contributed by atoms with Crippen molar-refractivity contribution in [2.75, 3.05) is 0 Å². The van der Waals surface area contributed by atoms with E-state index in [4.69, 9.17) is 0 Å². The Kier molecular flexibility index (Phi) is 2.59. The second-order valence-corrected chi connectivity index (χ2v) is 4.10. The molecule has 2 N–H and O–H groups in total. The van der Waals surface area contributed by atoms with Crippen molar-refractivity contribution in [2.45, 2.75) is 45.3 Å². The van der Waals surface area contributed by atoms with Crippen LogP contribution >= 0.6 is 0 Å². The number of ketones is 1. The second kappa shape index (κ2) is 3.24. The van der Waals surface area contributed by atoms with Gasteiger partial charge in [0.1, 0.15) is 6.10 Å². The topological polar surface area (TPSA) is 57.5 Å². The zero-order chi connectivity index (χ0) is 10.2. The van der Waals surface area contributed by atoms with Gasteiger partial charge in [0.15, 0.2) is 5.78 Å². The van der Waals surface area contributed by atoms with Gasteiger partial charge in [0.25, 0.3) is 0 Å². The minimum Gasteiger partial charge on any atom is -0.387 e. The molecule has 2 atom stereocenters. The van der Waals surface area contributed by atoms with Crippen molar-refractivity contribution in [2.24, 2.45) is 0 Å². The summed E-state index contributed by atoms with van der Waals surface area (Å²) in [5.74, 6) is -0.323. The maximum atomic E-state index is 11.5. The van der Waals surface area contributed by atoms with Gasteiger partial charge in [0, 0.05) is 0 Å². The molecule has 0 aromatic carbocycles. The van der Waals surface area contributed by atoms with E-state index >= 15 is 0 Å². The van der Waals surface area contributed by atoms with E-state index in [9.17, 15) is 15.0 Å². The third-order valence-electron chi connectivity index (χ3n) is 2.62. The van der Waals surface area contributed by atoms with E-state index in [1.54, 1.807) is 0 Å². The molecular weight excluding hydrogens is 168 g/mol. The van der Waals surface area contributed by atoms with Crippen LogP contribution in [0.1, 0.15) is 33.6 Å². The van der Waals surface area contributed by atoms with Gasteiger partial charge in [-0.05, 0) is 39.2 Å². The molecule has 1 aliphatic rings. The molecule has 0 heterocycles. The SMILES string of the molecule is CC(C)=C1CCC(C)(O)C(O)C1=O. The zero-order valence-corrected chi connectivity index (χ0v) is 8.29. The van der Waals surface area contributed by atoms with Crippen LogP contribution in [0, 0.1) is 0 Å². The molecule has 0 saturated heterocycles. The number of carbonyl (C=O) groups excluding carboxylic acids is 1. The number of hydrogen-bond acceptors (Lipinski definition) is 3. The molecule has 0 aromatic rings.